The zero-order valence-electron chi connectivity index (χ0n) is 5.35. The van der Waals surface area contributed by atoms with Gasteiger partial charge in [-0.2, -0.15) is 4.21 Å². The van der Waals surface area contributed by atoms with Crippen molar-refractivity contribution in [2.24, 2.45) is 0 Å². The maximum Gasteiger partial charge on any atom is 0.360 e. The fourth-order valence-corrected chi connectivity index (χ4v) is 0.573. The Labute approximate surface area is 64.7 Å². The largest absolute Gasteiger partial charge is 0.481 e. The summed E-state index contributed by atoms with van der Waals surface area (Å²) in [6.07, 6.45) is -0.808. The molecule has 1 atom stereocenters. The van der Waals surface area contributed by atoms with Crippen LogP contribution < -0.4 is 0 Å². The minimum absolute atomic E-state index is 0.401. The molecule has 0 rings (SSSR count). The summed E-state index contributed by atoms with van der Waals surface area (Å²) in [4.78, 5) is 20.2. The number of carboxylic acids is 1. The van der Waals surface area contributed by atoms with Gasteiger partial charge in [0.15, 0.2) is 0 Å². The molecule has 1 unspecified atom stereocenters. The highest BCUT2D eigenvalue weighted by atomic mass is 32.2. The van der Waals surface area contributed by atoms with Gasteiger partial charge in [-0.3, -0.25) is 14.1 Å². The fourth-order valence-electron chi connectivity index (χ4n) is 0.330. The Hall–Kier alpha value is -0.950. The van der Waals surface area contributed by atoms with Crippen LogP contribution in [0.2, 0.25) is 0 Å². The molecule has 0 aromatic carbocycles. The van der Waals surface area contributed by atoms with Crippen molar-refractivity contribution in [3.63, 3.8) is 0 Å². The van der Waals surface area contributed by atoms with Gasteiger partial charge in [-0.1, -0.05) is 0 Å². The molecule has 0 aliphatic carbocycles. The van der Waals surface area contributed by atoms with Crippen LogP contribution in [0.25, 0.3) is 0 Å². The van der Waals surface area contributed by atoms with Crippen molar-refractivity contribution in [2.75, 3.05) is 0 Å². The molecule has 64 valence electrons. The highest BCUT2D eigenvalue weighted by molar-refractivity contribution is 7.74. The molecule has 0 amide bonds. The molecule has 2 N–H and O–H groups in total. The van der Waals surface area contributed by atoms with E-state index in [0.717, 1.165) is 0 Å². The van der Waals surface area contributed by atoms with Gasteiger partial charge in [0.25, 0.3) is 0 Å². The number of hydrogen-bond acceptors (Lipinski definition) is 4. The van der Waals surface area contributed by atoms with Gasteiger partial charge in [0.2, 0.25) is 0 Å². The van der Waals surface area contributed by atoms with Crippen LogP contribution in [0.15, 0.2) is 0 Å². The van der Waals surface area contributed by atoms with E-state index in [1.807, 2.05) is 0 Å². The lowest BCUT2D eigenvalue weighted by Crippen LogP contribution is -2.08. The second kappa shape index (κ2) is 4.80. The Bertz CT molecular complexity index is 187. The van der Waals surface area contributed by atoms with Crippen LogP contribution >= 0.6 is 0 Å². The van der Waals surface area contributed by atoms with Crippen molar-refractivity contribution in [1.29, 1.82) is 0 Å². The Morgan fingerprint density at radius 2 is 1.91 bits per heavy atom. The third kappa shape index (κ3) is 6.94. The maximum absolute atomic E-state index is 10.3. The molecule has 0 aromatic rings. The highest BCUT2D eigenvalue weighted by Gasteiger charge is 2.08. The summed E-state index contributed by atoms with van der Waals surface area (Å²) in [6, 6.07) is 0. The molecule has 0 radical (unpaired) electrons. The Morgan fingerprint density at radius 1 is 1.36 bits per heavy atom. The van der Waals surface area contributed by atoms with Gasteiger partial charge in [0, 0.05) is 0 Å². The van der Waals surface area contributed by atoms with Crippen molar-refractivity contribution < 1.29 is 27.6 Å². The van der Waals surface area contributed by atoms with Crippen molar-refractivity contribution in [3.05, 3.63) is 0 Å². The van der Waals surface area contributed by atoms with E-state index in [1.165, 1.54) is 0 Å². The first-order chi connectivity index (χ1) is 5.02. The molecule has 6 nitrogen and oxygen atoms in total. The average Bonchev–Trinajstić information content (AvgIpc) is 1.82. The van der Waals surface area contributed by atoms with Gasteiger partial charge in [0.1, 0.15) is 0 Å². The lowest BCUT2D eigenvalue weighted by molar-refractivity contribution is -0.142. The summed E-state index contributed by atoms with van der Waals surface area (Å²) in [6.45, 7) is 0. The molecule has 0 saturated carbocycles. The minimum Gasteiger partial charge on any atom is -0.481 e. The second-order valence-corrected chi connectivity index (χ2v) is 2.17. The van der Waals surface area contributed by atoms with Crippen LogP contribution in [-0.2, 0) is 25.1 Å². The molecule has 0 spiro atoms. The number of carboxylic acid groups (broad SMARTS) is 1. The molecule has 0 fully saturated rings. The Morgan fingerprint density at radius 3 is 2.27 bits per heavy atom. The van der Waals surface area contributed by atoms with E-state index in [9.17, 15) is 13.8 Å². The summed E-state index contributed by atoms with van der Waals surface area (Å²) in [5, 5.41) is 8.05. The van der Waals surface area contributed by atoms with E-state index in [0.29, 0.717) is 0 Å². The van der Waals surface area contributed by atoms with Crippen LogP contribution in [0.1, 0.15) is 12.8 Å². The maximum atomic E-state index is 10.3. The first-order valence-electron chi connectivity index (χ1n) is 2.56. The molecule has 11 heavy (non-hydrogen) atoms. The summed E-state index contributed by atoms with van der Waals surface area (Å²) in [7, 11) is 0. The summed E-state index contributed by atoms with van der Waals surface area (Å²) in [5.74, 6) is -2.17. The molecular formula is C4H6O6S. The number of hydrogen-bond donors (Lipinski definition) is 2. The number of carbonyl (C=O) groups excluding carboxylic acids is 1. The van der Waals surface area contributed by atoms with Gasteiger partial charge in [0.05, 0.1) is 12.8 Å². The van der Waals surface area contributed by atoms with Crippen LogP contribution in [-0.4, -0.2) is 25.8 Å². The zero-order chi connectivity index (χ0) is 8.85. The van der Waals surface area contributed by atoms with Gasteiger partial charge < -0.3 is 9.29 Å². The number of carbonyl (C=O) groups is 2. The number of rotatable bonds is 4. The lowest BCUT2D eigenvalue weighted by atomic mass is 10.3. The molecule has 0 heterocycles. The van der Waals surface area contributed by atoms with E-state index in [-0.39, 0.29) is 0 Å². The van der Waals surface area contributed by atoms with Gasteiger partial charge in [-0.25, -0.2) is 0 Å². The molecule has 0 aliphatic heterocycles. The standard InChI is InChI=1S/C4H6O6S/c5-3(6)1-2-4(7)10-11(8)9/h1-2H2,(H,5,6)(H,8,9). The van der Waals surface area contributed by atoms with E-state index >= 15 is 0 Å². The first-order valence-corrected chi connectivity index (χ1v) is 3.59. The van der Waals surface area contributed by atoms with E-state index in [1.54, 1.807) is 0 Å². The second-order valence-electron chi connectivity index (χ2n) is 1.57. The van der Waals surface area contributed by atoms with Crippen LogP contribution in [0, 0.1) is 0 Å². The molecule has 0 aliphatic rings. The van der Waals surface area contributed by atoms with E-state index in [4.69, 9.17) is 9.66 Å². The minimum atomic E-state index is -2.65. The molecule has 7 heteroatoms. The summed E-state index contributed by atoms with van der Waals surface area (Å²) >= 11 is -2.65. The van der Waals surface area contributed by atoms with Crippen molar-refractivity contribution in [2.45, 2.75) is 12.8 Å². The van der Waals surface area contributed by atoms with Crippen molar-refractivity contribution >= 4 is 23.3 Å². The fraction of sp³-hybridized carbons (Fsp3) is 0.500. The lowest BCUT2D eigenvalue weighted by Gasteiger charge is -1.94. The van der Waals surface area contributed by atoms with Crippen LogP contribution in [0.5, 0.6) is 0 Å². The smallest absolute Gasteiger partial charge is 0.360 e. The Balaban J connectivity index is 3.53. The number of aliphatic carboxylic acids is 1. The summed E-state index contributed by atoms with van der Waals surface area (Å²) in [5.41, 5.74) is 0. The van der Waals surface area contributed by atoms with Gasteiger partial charge in [-0.15, -0.1) is 0 Å². The normalized spacial score (nSPS) is 12.1. The molecule has 0 saturated heterocycles. The SMILES string of the molecule is O=C(O)CCC(=O)OS(=O)O. The predicted octanol–water partition coefficient (Wildman–Crippen LogP) is -0.469. The highest BCUT2D eigenvalue weighted by Crippen LogP contribution is 1.93. The molecule has 0 bridgehead atoms. The van der Waals surface area contributed by atoms with Crippen molar-refractivity contribution in [3.8, 4) is 0 Å². The monoisotopic (exact) mass is 182 g/mol. The average molecular weight is 182 g/mol. The van der Waals surface area contributed by atoms with Gasteiger partial charge in [-0.05, 0) is 0 Å². The summed E-state index contributed by atoms with van der Waals surface area (Å²) < 4.78 is 21.5. The van der Waals surface area contributed by atoms with Crippen molar-refractivity contribution in [1.82, 2.24) is 0 Å². The Kier molecular flexibility index (Phi) is 4.39. The predicted molar refractivity (Wildman–Crippen MR) is 33.7 cm³/mol. The quantitative estimate of drug-likeness (QED) is 0.570. The third-order valence-corrected chi connectivity index (χ3v) is 1.04. The zero-order valence-corrected chi connectivity index (χ0v) is 6.17. The van der Waals surface area contributed by atoms with E-state index < -0.39 is 36.1 Å². The molecular weight excluding hydrogens is 176 g/mol. The first kappa shape index (κ1) is 10.0. The van der Waals surface area contributed by atoms with E-state index in [2.05, 4.69) is 4.18 Å². The van der Waals surface area contributed by atoms with Crippen LogP contribution in [0.4, 0.5) is 0 Å². The topological polar surface area (TPSA) is 101 Å². The molecule has 0 aromatic heterocycles. The van der Waals surface area contributed by atoms with Gasteiger partial charge >= 0.3 is 23.3 Å². The third-order valence-electron chi connectivity index (χ3n) is 0.707. The van der Waals surface area contributed by atoms with Crippen LogP contribution in [0.3, 0.4) is 0 Å².